The average molecular weight is 362 g/mol. The number of ether oxygens (including phenoxy) is 1. The lowest BCUT2D eigenvalue weighted by Crippen LogP contribution is -2.50. The Bertz CT molecular complexity index is 617. The van der Waals surface area contributed by atoms with Crippen molar-refractivity contribution in [2.75, 3.05) is 19.4 Å². The van der Waals surface area contributed by atoms with E-state index in [2.05, 4.69) is 4.90 Å². The number of carbonyl (C=O) groups is 2. The molecule has 1 saturated heterocycles. The van der Waals surface area contributed by atoms with Crippen LogP contribution in [0.15, 0.2) is 24.3 Å². The molecule has 5 heteroatoms. The minimum Gasteiger partial charge on any atom is -0.465 e. The normalized spacial score (nSPS) is 23.0. The fourth-order valence-corrected chi connectivity index (χ4v) is 5.04. The van der Waals surface area contributed by atoms with Gasteiger partial charge in [0.15, 0.2) is 0 Å². The van der Waals surface area contributed by atoms with Gasteiger partial charge in [-0.15, -0.1) is 11.8 Å². The van der Waals surface area contributed by atoms with E-state index in [0.29, 0.717) is 17.4 Å². The van der Waals surface area contributed by atoms with Gasteiger partial charge in [0, 0.05) is 18.3 Å². The lowest BCUT2D eigenvalue weighted by molar-refractivity contribution is -0.134. The van der Waals surface area contributed by atoms with Crippen molar-refractivity contribution in [2.24, 2.45) is 5.92 Å². The largest absolute Gasteiger partial charge is 0.465 e. The molecule has 0 bridgehead atoms. The van der Waals surface area contributed by atoms with E-state index in [1.165, 1.54) is 39.2 Å². The number of piperidine rings is 1. The maximum absolute atomic E-state index is 12.7. The van der Waals surface area contributed by atoms with Crippen LogP contribution in [0.4, 0.5) is 0 Å². The monoisotopic (exact) mass is 361 g/mol. The number of rotatable bonds is 5. The number of hydrogen-bond donors (Lipinski definition) is 0. The second-order valence-electron chi connectivity index (χ2n) is 7.03. The summed E-state index contributed by atoms with van der Waals surface area (Å²) in [6, 6.07) is 7.94. The number of carbonyl (C=O) groups excluding carboxylic acids is 2. The van der Waals surface area contributed by atoms with E-state index in [-0.39, 0.29) is 11.9 Å². The molecule has 0 N–H and O–H groups in total. The maximum atomic E-state index is 12.7. The predicted octanol–water partition coefficient (Wildman–Crippen LogP) is 3.89. The first-order valence-electron chi connectivity index (χ1n) is 9.23. The van der Waals surface area contributed by atoms with Crippen LogP contribution in [0, 0.1) is 5.92 Å². The van der Waals surface area contributed by atoms with Crippen LogP contribution in [0.5, 0.6) is 0 Å². The molecular formula is C20H27NO3S. The predicted molar refractivity (Wildman–Crippen MR) is 101 cm³/mol. The molecule has 136 valence electrons. The molecule has 0 aromatic heterocycles. The van der Waals surface area contributed by atoms with Crippen LogP contribution < -0.4 is 0 Å². The molecule has 1 aromatic carbocycles. The number of benzene rings is 1. The molecule has 3 rings (SSSR count). The third-order valence-electron chi connectivity index (χ3n) is 5.41. The van der Waals surface area contributed by atoms with Gasteiger partial charge in [-0.3, -0.25) is 4.79 Å². The van der Waals surface area contributed by atoms with Gasteiger partial charge in [0.1, 0.15) is 0 Å². The zero-order valence-corrected chi connectivity index (χ0v) is 15.7. The second-order valence-corrected chi connectivity index (χ2v) is 8.01. The van der Waals surface area contributed by atoms with Crippen molar-refractivity contribution < 1.29 is 14.3 Å². The van der Waals surface area contributed by atoms with Crippen molar-refractivity contribution >= 4 is 23.6 Å². The molecule has 0 spiro atoms. The summed E-state index contributed by atoms with van der Waals surface area (Å²) in [7, 11) is 1.39. The summed E-state index contributed by atoms with van der Waals surface area (Å²) < 4.78 is 4.76. The molecule has 2 aliphatic rings. The number of fused-ring (bicyclic) bond motifs is 1. The zero-order chi connectivity index (χ0) is 17.6. The lowest BCUT2D eigenvalue weighted by atomic mass is 9.78. The van der Waals surface area contributed by atoms with Gasteiger partial charge in [-0.25, -0.2) is 4.79 Å². The minimum absolute atomic E-state index is 0.283. The van der Waals surface area contributed by atoms with Crippen LogP contribution in [-0.4, -0.2) is 42.2 Å². The molecular weight excluding hydrogens is 334 g/mol. The Kier molecular flexibility index (Phi) is 6.40. The summed E-state index contributed by atoms with van der Waals surface area (Å²) in [5, 5.41) is 0. The second kappa shape index (κ2) is 8.75. The highest BCUT2D eigenvalue weighted by molar-refractivity contribution is 7.99. The van der Waals surface area contributed by atoms with Crippen molar-refractivity contribution in [3.63, 3.8) is 0 Å². The Morgan fingerprint density at radius 2 is 2.00 bits per heavy atom. The maximum Gasteiger partial charge on any atom is 0.337 e. The third-order valence-corrected chi connectivity index (χ3v) is 6.39. The van der Waals surface area contributed by atoms with E-state index >= 15 is 0 Å². The zero-order valence-electron chi connectivity index (χ0n) is 14.9. The fraction of sp³-hybridized carbons (Fsp3) is 0.600. The van der Waals surface area contributed by atoms with E-state index in [1.807, 2.05) is 18.2 Å². The van der Waals surface area contributed by atoms with Crippen LogP contribution >= 0.6 is 11.8 Å². The number of amides is 1. The van der Waals surface area contributed by atoms with Gasteiger partial charge >= 0.3 is 5.97 Å². The van der Waals surface area contributed by atoms with Crippen molar-refractivity contribution in [2.45, 2.75) is 50.3 Å². The molecule has 1 aromatic rings. The SMILES string of the molecule is COC(=O)c1cccc(CSCC(=O)N2CCCC3CCCCC32)c1. The van der Waals surface area contributed by atoms with Crippen molar-refractivity contribution in [3.05, 3.63) is 35.4 Å². The summed E-state index contributed by atoms with van der Waals surface area (Å²) in [5.41, 5.74) is 1.61. The Hall–Kier alpha value is -1.49. The van der Waals surface area contributed by atoms with Crippen LogP contribution in [0.25, 0.3) is 0 Å². The molecule has 1 aliphatic carbocycles. The average Bonchev–Trinajstić information content (AvgIpc) is 2.67. The number of likely N-dealkylation sites (tertiary alicyclic amines) is 1. The molecule has 1 aliphatic heterocycles. The number of methoxy groups -OCH3 is 1. The first-order chi connectivity index (χ1) is 12.2. The van der Waals surface area contributed by atoms with Gasteiger partial charge in [-0.1, -0.05) is 25.0 Å². The lowest BCUT2D eigenvalue weighted by Gasteiger charge is -2.44. The Morgan fingerprint density at radius 1 is 1.20 bits per heavy atom. The summed E-state index contributed by atoms with van der Waals surface area (Å²) in [6.45, 7) is 0.929. The topological polar surface area (TPSA) is 46.6 Å². The van der Waals surface area contributed by atoms with Crippen LogP contribution in [0.1, 0.15) is 54.4 Å². The summed E-state index contributed by atoms with van der Waals surface area (Å²) in [6.07, 6.45) is 7.51. The highest BCUT2D eigenvalue weighted by Crippen LogP contribution is 2.35. The van der Waals surface area contributed by atoms with Gasteiger partial charge in [-0.05, 0) is 49.3 Å². The van der Waals surface area contributed by atoms with E-state index in [1.54, 1.807) is 17.8 Å². The van der Waals surface area contributed by atoms with Gasteiger partial charge in [0.2, 0.25) is 5.91 Å². The molecule has 1 amide bonds. The third kappa shape index (κ3) is 4.57. The summed E-state index contributed by atoms with van der Waals surface area (Å²) >= 11 is 1.63. The van der Waals surface area contributed by atoms with Crippen molar-refractivity contribution in [3.8, 4) is 0 Å². The van der Waals surface area contributed by atoms with E-state index in [4.69, 9.17) is 4.74 Å². The minimum atomic E-state index is -0.320. The van der Waals surface area contributed by atoms with Crippen molar-refractivity contribution in [1.29, 1.82) is 0 Å². The van der Waals surface area contributed by atoms with E-state index < -0.39 is 0 Å². The van der Waals surface area contributed by atoms with Crippen LogP contribution in [0.2, 0.25) is 0 Å². The quantitative estimate of drug-likeness (QED) is 0.747. The van der Waals surface area contributed by atoms with Gasteiger partial charge in [0.25, 0.3) is 0 Å². The van der Waals surface area contributed by atoms with Crippen LogP contribution in [0.3, 0.4) is 0 Å². The molecule has 1 saturated carbocycles. The molecule has 25 heavy (non-hydrogen) atoms. The number of nitrogens with zero attached hydrogens (tertiary/aromatic N) is 1. The molecule has 2 atom stereocenters. The Balaban J connectivity index is 1.51. The molecule has 0 radical (unpaired) electrons. The van der Waals surface area contributed by atoms with Crippen molar-refractivity contribution in [1.82, 2.24) is 4.90 Å². The van der Waals surface area contributed by atoms with Crippen LogP contribution in [-0.2, 0) is 15.3 Å². The fourth-order valence-electron chi connectivity index (χ4n) is 4.18. The smallest absolute Gasteiger partial charge is 0.337 e. The number of thioether (sulfide) groups is 1. The Labute approximate surface area is 154 Å². The first kappa shape index (κ1) is 18.3. The summed E-state index contributed by atoms with van der Waals surface area (Å²) in [4.78, 5) is 26.5. The highest BCUT2D eigenvalue weighted by Gasteiger charge is 2.35. The standard InChI is InChI=1S/C20H27NO3S/c1-24-20(23)17-8-4-6-15(12-17)13-25-14-19(22)21-11-5-9-16-7-2-3-10-18(16)21/h4,6,8,12,16,18H,2-3,5,7,9-11,13-14H2,1H3. The number of hydrogen-bond acceptors (Lipinski definition) is 4. The highest BCUT2D eigenvalue weighted by atomic mass is 32.2. The molecule has 1 heterocycles. The molecule has 2 unspecified atom stereocenters. The van der Waals surface area contributed by atoms with E-state index in [9.17, 15) is 9.59 Å². The number of esters is 1. The Morgan fingerprint density at radius 3 is 2.84 bits per heavy atom. The van der Waals surface area contributed by atoms with Gasteiger partial charge < -0.3 is 9.64 Å². The van der Waals surface area contributed by atoms with Gasteiger partial charge in [-0.2, -0.15) is 0 Å². The summed E-state index contributed by atoms with van der Waals surface area (Å²) in [5.74, 6) is 1.95. The van der Waals surface area contributed by atoms with E-state index in [0.717, 1.165) is 30.2 Å². The first-order valence-corrected chi connectivity index (χ1v) is 10.4. The van der Waals surface area contributed by atoms with Gasteiger partial charge in [0.05, 0.1) is 18.4 Å². The molecule has 4 nitrogen and oxygen atoms in total. The molecule has 2 fully saturated rings.